The maximum Gasteiger partial charge on any atom is 0.242 e. The van der Waals surface area contributed by atoms with Gasteiger partial charge in [-0.1, -0.05) is 30.3 Å². The molecule has 1 saturated heterocycles. The van der Waals surface area contributed by atoms with Crippen LogP contribution in [0.15, 0.2) is 49.1 Å². The zero-order chi connectivity index (χ0) is 19.9. The molecule has 1 amide bonds. The van der Waals surface area contributed by atoms with E-state index in [9.17, 15) is 4.79 Å². The molecule has 9 nitrogen and oxygen atoms in total. The minimum absolute atomic E-state index is 0.0930. The fraction of sp³-hybridized carbons (Fsp3) is 0.450. The lowest BCUT2D eigenvalue weighted by atomic mass is 10.0. The Balaban J connectivity index is 1.39. The molecule has 0 radical (unpaired) electrons. The standard InChI is InChI=1S/C20H26N8O/c29-20(15-28-19(23-24-25-28)14-26-10-4-5-11-26)22-18(17-6-2-1-3-7-17)8-12-27-13-9-21-16-27/h1-3,6-7,9,13,16,18H,4-5,8,10-12,14-15H2,(H,22,29)/t18-/m0/s1. The highest BCUT2D eigenvalue weighted by molar-refractivity contribution is 5.76. The van der Waals surface area contributed by atoms with E-state index in [4.69, 9.17) is 0 Å². The third-order valence-electron chi connectivity index (χ3n) is 5.24. The Morgan fingerprint density at radius 3 is 2.76 bits per heavy atom. The summed E-state index contributed by atoms with van der Waals surface area (Å²) in [6.45, 7) is 3.69. The molecule has 152 valence electrons. The number of nitrogens with one attached hydrogen (secondary N) is 1. The molecule has 1 atom stereocenters. The Kier molecular flexibility index (Phi) is 6.25. The van der Waals surface area contributed by atoms with Crippen LogP contribution in [-0.4, -0.2) is 53.7 Å². The molecule has 3 heterocycles. The lowest BCUT2D eigenvalue weighted by Gasteiger charge is -2.20. The third kappa shape index (κ3) is 5.26. The Bertz CT molecular complexity index is 886. The van der Waals surface area contributed by atoms with Crippen molar-refractivity contribution in [2.45, 2.75) is 44.9 Å². The molecule has 29 heavy (non-hydrogen) atoms. The summed E-state index contributed by atoms with van der Waals surface area (Å²) >= 11 is 0. The van der Waals surface area contributed by atoms with Crippen LogP contribution in [0.3, 0.4) is 0 Å². The van der Waals surface area contributed by atoms with Crippen molar-refractivity contribution >= 4 is 5.91 Å². The predicted octanol–water partition coefficient (Wildman–Crippen LogP) is 1.41. The molecule has 1 aliphatic heterocycles. The molecule has 1 fully saturated rings. The van der Waals surface area contributed by atoms with E-state index in [1.54, 1.807) is 17.2 Å². The number of aromatic nitrogens is 6. The van der Waals surface area contributed by atoms with Crippen molar-refractivity contribution in [2.24, 2.45) is 0 Å². The van der Waals surface area contributed by atoms with Crippen LogP contribution >= 0.6 is 0 Å². The van der Waals surface area contributed by atoms with Crippen molar-refractivity contribution in [3.63, 3.8) is 0 Å². The number of aryl methyl sites for hydroxylation is 1. The number of carbonyl (C=O) groups excluding carboxylic acids is 1. The molecule has 0 aliphatic carbocycles. The van der Waals surface area contributed by atoms with Gasteiger partial charge in [0.05, 0.1) is 18.9 Å². The molecule has 3 aromatic rings. The number of likely N-dealkylation sites (tertiary alicyclic amines) is 1. The highest BCUT2D eigenvalue weighted by Crippen LogP contribution is 2.18. The van der Waals surface area contributed by atoms with Gasteiger partial charge in [0.15, 0.2) is 5.82 Å². The van der Waals surface area contributed by atoms with E-state index >= 15 is 0 Å². The van der Waals surface area contributed by atoms with E-state index in [0.29, 0.717) is 6.54 Å². The summed E-state index contributed by atoms with van der Waals surface area (Å²) < 4.78 is 3.61. The van der Waals surface area contributed by atoms with Gasteiger partial charge in [-0.05, 0) is 48.3 Å². The molecule has 0 spiro atoms. The second-order valence-electron chi connectivity index (χ2n) is 7.36. The van der Waals surface area contributed by atoms with Crippen molar-refractivity contribution in [2.75, 3.05) is 13.1 Å². The molecule has 1 N–H and O–H groups in total. The number of imidazole rings is 1. The van der Waals surface area contributed by atoms with E-state index in [0.717, 1.165) is 37.4 Å². The summed E-state index contributed by atoms with van der Waals surface area (Å²) in [6.07, 6.45) is 8.65. The van der Waals surface area contributed by atoms with Crippen molar-refractivity contribution in [1.82, 2.24) is 40.0 Å². The Morgan fingerprint density at radius 1 is 1.17 bits per heavy atom. The molecule has 2 aromatic heterocycles. The molecule has 1 aromatic carbocycles. The number of rotatable bonds is 9. The predicted molar refractivity (Wildman–Crippen MR) is 106 cm³/mol. The smallest absolute Gasteiger partial charge is 0.242 e. The normalized spacial score (nSPS) is 15.4. The van der Waals surface area contributed by atoms with Crippen LogP contribution in [0.25, 0.3) is 0 Å². The van der Waals surface area contributed by atoms with Crippen LogP contribution in [0, 0.1) is 0 Å². The number of carbonyl (C=O) groups is 1. The monoisotopic (exact) mass is 394 g/mol. The SMILES string of the molecule is O=C(Cn1nnnc1CN1CCCC1)N[C@@H](CCn1ccnc1)c1ccccc1. The van der Waals surface area contributed by atoms with Gasteiger partial charge in [0, 0.05) is 18.9 Å². The van der Waals surface area contributed by atoms with E-state index in [-0.39, 0.29) is 18.5 Å². The quantitative estimate of drug-likeness (QED) is 0.590. The average molecular weight is 394 g/mol. The maximum absolute atomic E-state index is 12.8. The average Bonchev–Trinajstić information content (AvgIpc) is 3.50. The molecule has 9 heteroatoms. The van der Waals surface area contributed by atoms with Crippen LogP contribution < -0.4 is 5.32 Å². The van der Waals surface area contributed by atoms with E-state index < -0.39 is 0 Å². The number of nitrogens with zero attached hydrogens (tertiary/aromatic N) is 7. The van der Waals surface area contributed by atoms with Crippen LogP contribution in [-0.2, 0) is 24.4 Å². The third-order valence-corrected chi connectivity index (χ3v) is 5.24. The van der Waals surface area contributed by atoms with Crippen LogP contribution in [0.4, 0.5) is 0 Å². The fourth-order valence-corrected chi connectivity index (χ4v) is 3.68. The fourth-order valence-electron chi connectivity index (χ4n) is 3.68. The molecular weight excluding hydrogens is 368 g/mol. The Morgan fingerprint density at radius 2 is 2.00 bits per heavy atom. The van der Waals surface area contributed by atoms with Gasteiger partial charge in [-0.2, -0.15) is 0 Å². The van der Waals surface area contributed by atoms with Gasteiger partial charge >= 0.3 is 0 Å². The molecule has 0 saturated carbocycles. The topological polar surface area (TPSA) is 93.8 Å². The first-order valence-corrected chi connectivity index (χ1v) is 10.1. The minimum Gasteiger partial charge on any atom is -0.348 e. The molecule has 0 bridgehead atoms. The zero-order valence-electron chi connectivity index (χ0n) is 16.4. The summed E-state index contributed by atoms with van der Waals surface area (Å²) in [7, 11) is 0. The zero-order valence-corrected chi connectivity index (χ0v) is 16.4. The molecule has 4 rings (SSSR count). The summed E-state index contributed by atoms with van der Waals surface area (Å²) in [5.74, 6) is 0.635. The van der Waals surface area contributed by atoms with E-state index in [1.807, 2.05) is 41.1 Å². The number of benzene rings is 1. The molecular formula is C20H26N8O. The van der Waals surface area contributed by atoms with Gasteiger partial charge in [-0.3, -0.25) is 9.69 Å². The first-order chi connectivity index (χ1) is 14.3. The van der Waals surface area contributed by atoms with Crippen LogP contribution in [0.2, 0.25) is 0 Å². The number of amides is 1. The van der Waals surface area contributed by atoms with E-state index in [1.165, 1.54) is 12.8 Å². The van der Waals surface area contributed by atoms with Gasteiger partial charge in [0.25, 0.3) is 0 Å². The maximum atomic E-state index is 12.8. The van der Waals surface area contributed by atoms with Crippen LogP contribution in [0.5, 0.6) is 0 Å². The van der Waals surface area contributed by atoms with Crippen molar-refractivity contribution in [3.8, 4) is 0 Å². The molecule has 1 aliphatic rings. The largest absolute Gasteiger partial charge is 0.348 e. The van der Waals surface area contributed by atoms with Gasteiger partial charge in [-0.25, -0.2) is 9.67 Å². The lowest BCUT2D eigenvalue weighted by Crippen LogP contribution is -2.33. The summed E-state index contributed by atoms with van der Waals surface area (Å²) in [4.78, 5) is 19.2. The Labute approximate surface area is 169 Å². The second kappa shape index (κ2) is 9.42. The summed E-state index contributed by atoms with van der Waals surface area (Å²) in [6, 6.07) is 9.93. The van der Waals surface area contributed by atoms with Gasteiger partial charge < -0.3 is 9.88 Å². The number of hydrogen-bond donors (Lipinski definition) is 1. The minimum atomic E-state index is -0.0977. The van der Waals surface area contributed by atoms with Gasteiger partial charge in [0.2, 0.25) is 5.91 Å². The lowest BCUT2D eigenvalue weighted by molar-refractivity contribution is -0.122. The summed E-state index contributed by atoms with van der Waals surface area (Å²) in [5, 5.41) is 15.1. The van der Waals surface area contributed by atoms with Crippen LogP contribution in [0.1, 0.15) is 36.7 Å². The van der Waals surface area contributed by atoms with Crippen molar-refractivity contribution in [1.29, 1.82) is 0 Å². The van der Waals surface area contributed by atoms with E-state index in [2.05, 4.69) is 30.7 Å². The first kappa shape index (κ1) is 19.3. The molecule has 0 unspecified atom stereocenters. The Hall–Kier alpha value is -3.07. The summed E-state index contributed by atoms with van der Waals surface area (Å²) in [5.41, 5.74) is 1.08. The highest BCUT2D eigenvalue weighted by atomic mass is 16.2. The first-order valence-electron chi connectivity index (χ1n) is 10.1. The van der Waals surface area contributed by atoms with Crippen molar-refractivity contribution in [3.05, 3.63) is 60.4 Å². The van der Waals surface area contributed by atoms with Gasteiger partial charge in [-0.15, -0.1) is 5.10 Å². The second-order valence-corrected chi connectivity index (χ2v) is 7.36. The van der Waals surface area contributed by atoms with Gasteiger partial charge in [0.1, 0.15) is 6.54 Å². The number of hydrogen-bond acceptors (Lipinski definition) is 6. The highest BCUT2D eigenvalue weighted by Gasteiger charge is 2.19. The van der Waals surface area contributed by atoms with Crippen molar-refractivity contribution < 1.29 is 4.79 Å². The number of tetrazole rings is 1.